The van der Waals surface area contributed by atoms with E-state index in [-0.39, 0.29) is 4.88 Å². The largest absolute Gasteiger partial charge is 0.477 e. The van der Waals surface area contributed by atoms with Crippen LogP contribution in [-0.4, -0.2) is 21.0 Å². The molecule has 20 heavy (non-hydrogen) atoms. The second kappa shape index (κ2) is 4.90. The zero-order chi connectivity index (χ0) is 14.1. The van der Waals surface area contributed by atoms with Crippen LogP contribution in [0.25, 0.3) is 10.2 Å². The molecule has 0 radical (unpaired) electrons. The fraction of sp³-hybridized carbons (Fsp3) is 0.0714. The molecule has 0 aliphatic heterocycles. The Hall–Kier alpha value is -2.47. The number of para-hydroxylation sites is 1. The minimum Gasteiger partial charge on any atom is -0.477 e. The van der Waals surface area contributed by atoms with Gasteiger partial charge in [-0.15, -0.1) is 11.3 Å². The number of hydrogen-bond donors (Lipinski definition) is 1. The first-order chi connectivity index (χ1) is 9.66. The van der Waals surface area contributed by atoms with Gasteiger partial charge in [-0.05, 0) is 24.6 Å². The number of benzene rings is 1. The fourth-order valence-corrected chi connectivity index (χ4v) is 2.90. The number of carboxylic acids is 1. The Labute approximate surface area is 118 Å². The Balaban J connectivity index is 2.14. The molecule has 0 unspecified atom stereocenters. The molecule has 1 N–H and O–H groups in total. The first kappa shape index (κ1) is 12.6. The summed E-state index contributed by atoms with van der Waals surface area (Å²) in [5.41, 5.74) is 0.629. The van der Waals surface area contributed by atoms with E-state index in [2.05, 4.69) is 9.97 Å². The number of thiophene rings is 1. The Bertz CT molecular complexity index is 784. The summed E-state index contributed by atoms with van der Waals surface area (Å²) in [6, 6.07) is 9.23. The van der Waals surface area contributed by atoms with Crippen LogP contribution in [-0.2, 0) is 0 Å². The highest BCUT2D eigenvalue weighted by atomic mass is 32.1. The fourth-order valence-electron chi connectivity index (χ4n) is 1.92. The van der Waals surface area contributed by atoms with Crippen molar-refractivity contribution in [3.05, 3.63) is 47.1 Å². The number of aromatic carboxylic acids is 1. The normalized spacial score (nSPS) is 10.7. The standard InChI is InChI=1S/C14H10N2O3S/c1-8-10-12(19-9-5-3-2-4-6-9)15-7-16-13(10)20-11(8)14(17)18/h2-7H,1H3,(H,17,18). The average Bonchev–Trinajstić information content (AvgIpc) is 2.79. The summed E-state index contributed by atoms with van der Waals surface area (Å²) in [4.78, 5) is 20.3. The van der Waals surface area contributed by atoms with E-state index >= 15 is 0 Å². The number of aromatic nitrogens is 2. The summed E-state index contributed by atoms with van der Waals surface area (Å²) in [5, 5.41) is 9.82. The molecule has 0 atom stereocenters. The Morgan fingerprint density at radius 3 is 2.70 bits per heavy atom. The monoisotopic (exact) mass is 286 g/mol. The van der Waals surface area contributed by atoms with E-state index in [0.29, 0.717) is 27.4 Å². The number of nitrogens with zero attached hydrogens (tertiary/aromatic N) is 2. The van der Waals surface area contributed by atoms with Crippen LogP contribution in [0, 0.1) is 6.92 Å². The summed E-state index contributed by atoms with van der Waals surface area (Å²) in [6.45, 7) is 1.74. The van der Waals surface area contributed by atoms with Crippen LogP contribution in [0.5, 0.6) is 11.6 Å². The van der Waals surface area contributed by atoms with Crippen LogP contribution >= 0.6 is 11.3 Å². The van der Waals surface area contributed by atoms with Gasteiger partial charge in [-0.2, -0.15) is 0 Å². The van der Waals surface area contributed by atoms with E-state index in [1.807, 2.05) is 30.3 Å². The molecule has 5 nitrogen and oxygen atoms in total. The van der Waals surface area contributed by atoms with Gasteiger partial charge in [0.1, 0.15) is 21.8 Å². The smallest absolute Gasteiger partial charge is 0.346 e. The lowest BCUT2D eigenvalue weighted by Crippen LogP contribution is -1.95. The van der Waals surface area contributed by atoms with Gasteiger partial charge in [-0.25, -0.2) is 14.8 Å². The molecule has 1 aromatic carbocycles. The summed E-state index contributed by atoms with van der Waals surface area (Å²) in [6.07, 6.45) is 1.38. The van der Waals surface area contributed by atoms with E-state index in [0.717, 1.165) is 11.3 Å². The zero-order valence-corrected chi connectivity index (χ0v) is 11.3. The van der Waals surface area contributed by atoms with Crippen LogP contribution in [0.1, 0.15) is 15.2 Å². The van der Waals surface area contributed by atoms with Gasteiger partial charge < -0.3 is 9.84 Å². The van der Waals surface area contributed by atoms with Crippen LogP contribution in [0.3, 0.4) is 0 Å². The summed E-state index contributed by atoms with van der Waals surface area (Å²) in [7, 11) is 0. The third-order valence-corrected chi connectivity index (χ3v) is 4.03. The van der Waals surface area contributed by atoms with E-state index < -0.39 is 5.97 Å². The van der Waals surface area contributed by atoms with Gasteiger partial charge in [0.2, 0.25) is 5.88 Å². The number of fused-ring (bicyclic) bond motifs is 1. The Morgan fingerprint density at radius 1 is 1.25 bits per heavy atom. The molecule has 3 aromatic rings. The predicted octanol–water partition coefficient (Wildman–Crippen LogP) is 3.49. The summed E-state index contributed by atoms with van der Waals surface area (Å²) in [5.74, 6) is 0.0635. The topological polar surface area (TPSA) is 72.3 Å². The van der Waals surface area contributed by atoms with Crippen LogP contribution in [0.4, 0.5) is 0 Å². The van der Waals surface area contributed by atoms with Crippen molar-refractivity contribution in [2.75, 3.05) is 0 Å². The minimum absolute atomic E-state index is 0.262. The molecular formula is C14H10N2O3S. The minimum atomic E-state index is -0.962. The van der Waals surface area contributed by atoms with Gasteiger partial charge >= 0.3 is 5.97 Å². The highest BCUT2D eigenvalue weighted by Gasteiger charge is 2.19. The van der Waals surface area contributed by atoms with Crippen molar-refractivity contribution < 1.29 is 14.6 Å². The lowest BCUT2D eigenvalue weighted by Gasteiger charge is -2.05. The molecule has 0 aliphatic rings. The molecule has 0 amide bonds. The lowest BCUT2D eigenvalue weighted by atomic mass is 10.2. The second-order valence-electron chi connectivity index (χ2n) is 4.14. The molecular weight excluding hydrogens is 276 g/mol. The summed E-state index contributed by atoms with van der Waals surface area (Å²) < 4.78 is 5.73. The SMILES string of the molecule is Cc1c(C(=O)O)sc2ncnc(Oc3ccccc3)c12. The molecule has 0 fully saturated rings. The third kappa shape index (κ3) is 2.10. The van der Waals surface area contributed by atoms with Crippen LogP contribution in [0.2, 0.25) is 0 Å². The maximum atomic E-state index is 11.2. The maximum absolute atomic E-state index is 11.2. The number of hydrogen-bond acceptors (Lipinski definition) is 5. The summed E-state index contributed by atoms with van der Waals surface area (Å²) >= 11 is 1.13. The number of ether oxygens (including phenoxy) is 1. The molecule has 100 valence electrons. The molecule has 6 heteroatoms. The maximum Gasteiger partial charge on any atom is 0.346 e. The zero-order valence-electron chi connectivity index (χ0n) is 10.5. The van der Waals surface area contributed by atoms with Crippen molar-refractivity contribution in [2.24, 2.45) is 0 Å². The number of carboxylic acid groups (broad SMARTS) is 1. The average molecular weight is 286 g/mol. The first-order valence-electron chi connectivity index (χ1n) is 5.87. The van der Waals surface area contributed by atoms with Gasteiger partial charge in [0, 0.05) is 0 Å². The van der Waals surface area contributed by atoms with Crippen molar-refractivity contribution in [2.45, 2.75) is 6.92 Å². The number of aryl methyl sites for hydroxylation is 1. The highest BCUT2D eigenvalue weighted by molar-refractivity contribution is 7.20. The van der Waals surface area contributed by atoms with E-state index in [1.54, 1.807) is 6.92 Å². The van der Waals surface area contributed by atoms with Crippen molar-refractivity contribution in [1.29, 1.82) is 0 Å². The van der Waals surface area contributed by atoms with Crippen molar-refractivity contribution in [3.8, 4) is 11.6 Å². The molecule has 0 saturated carbocycles. The molecule has 0 spiro atoms. The van der Waals surface area contributed by atoms with Gasteiger partial charge in [-0.3, -0.25) is 0 Å². The van der Waals surface area contributed by atoms with Gasteiger partial charge in [0.15, 0.2) is 0 Å². The van der Waals surface area contributed by atoms with Gasteiger partial charge in [0.05, 0.1) is 5.39 Å². The van der Waals surface area contributed by atoms with Crippen LogP contribution in [0.15, 0.2) is 36.7 Å². The highest BCUT2D eigenvalue weighted by Crippen LogP contribution is 2.35. The quantitative estimate of drug-likeness (QED) is 0.798. The van der Waals surface area contributed by atoms with E-state index in [1.165, 1.54) is 6.33 Å². The van der Waals surface area contributed by atoms with Crippen molar-refractivity contribution in [3.63, 3.8) is 0 Å². The molecule has 0 bridgehead atoms. The van der Waals surface area contributed by atoms with E-state index in [9.17, 15) is 4.79 Å². The Morgan fingerprint density at radius 2 is 2.00 bits per heavy atom. The molecule has 3 rings (SSSR count). The van der Waals surface area contributed by atoms with Gasteiger partial charge in [0.25, 0.3) is 0 Å². The van der Waals surface area contributed by atoms with Gasteiger partial charge in [-0.1, -0.05) is 18.2 Å². The number of carbonyl (C=O) groups is 1. The molecule has 2 aromatic heterocycles. The van der Waals surface area contributed by atoms with Crippen molar-refractivity contribution in [1.82, 2.24) is 9.97 Å². The lowest BCUT2D eigenvalue weighted by molar-refractivity contribution is 0.0701. The molecule has 0 aliphatic carbocycles. The van der Waals surface area contributed by atoms with Crippen LogP contribution < -0.4 is 4.74 Å². The number of rotatable bonds is 3. The Kier molecular flexibility index (Phi) is 3.08. The van der Waals surface area contributed by atoms with Crippen molar-refractivity contribution >= 4 is 27.5 Å². The second-order valence-corrected chi connectivity index (χ2v) is 5.13. The molecule has 2 heterocycles. The first-order valence-corrected chi connectivity index (χ1v) is 6.69. The van der Waals surface area contributed by atoms with E-state index in [4.69, 9.17) is 9.84 Å². The predicted molar refractivity (Wildman–Crippen MR) is 75.6 cm³/mol. The third-order valence-electron chi connectivity index (χ3n) is 2.84. The molecule has 0 saturated heterocycles.